The lowest BCUT2D eigenvalue weighted by Gasteiger charge is -2.22. The largest absolute Gasteiger partial charge is 0.502 e. The van der Waals surface area contributed by atoms with Crippen molar-refractivity contribution in [1.29, 1.82) is 0 Å². The van der Waals surface area contributed by atoms with Crippen LogP contribution in [0.25, 0.3) is 56.6 Å². The van der Waals surface area contributed by atoms with E-state index in [-0.39, 0.29) is 43.0 Å². The van der Waals surface area contributed by atoms with E-state index in [0.717, 1.165) is 44.8 Å². The van der Waals surface area contributed by atoms with Crippen molar-refractivity contribution in [1.82, 2.24) is 0 Å². The number of hydrogen-bond donors (Lipinski definition) is 2. The number of nitrogens with zero attached hydrogens (tertiary/aromatic N) is 5. The van der Waals surface area contributed by atoms with Crippen molar-refractivity contribution < 1.29 is 44.8 Å². The fourth-order valence-corrected chi connectivity index (χ4v) is 10.3. The molecule has 2 N–H and O–H groups in total. The smallest absolute Gasteiger partial charge is 0.311 e. The Morgan fingerprint density at radius 2 is 0.848 bits per heavy atom. The van der Waals surface area contributed by atoms with Crippen LogP contribution in [-0.4, -0.2) is 41.2 Å². The average molecular weight is 1240 g/mol. The van der Waals surface area contributed by atoms with Crippen LogP contribution >= 0.6 is 0 Å². The zero-order valence-corrected chi connectivity index (χ0v) is 48.5. The molecule has 19 nitrogen and oxygen atoms in total. The van der Waals surface area contributed by atoms with Crippen LogP contribution in [0.15, 0.2) is 249 Å². The van der Waals surface area contributed by atoms with Crippen molar-refractivity contribution in [3.63, 3.8) is 0 Å². The number of fused-ring (bicyclic) bond motifs is 7. The number of allylic oxidation sites excluding steroid dienone is 1. The average Bonchev–Trinajstić information content (AvgIpc) is 1.11. The molecule has 0 saturated carbocycles. The highest BCUT2D eigenvalue weighted by molar-refractivity contribution is 5.91. The number of phenols is 1. The first-order chi connectivity index (χ1) is 43.6. The molecular formula is C73H69N5O14. The van der Waals surface area contributed by atoms with Gasteiger partial charge in [0, 0.05) is 28.5 Å². The number of nitro benzene ring substituents is 2. The third-order valence-electron chi connectivity index (χ3n) is 14.7. The molecule has 19 heteroatoms. The van der Waals surface area contributed by atoms with Crippen LogP contribution in [0, 0.1) is 50.6 Å². The summed E-state index contributed by atoms with van der Waals surface area (Å²) < 4.78 is 0. The van der Waals surface area contributed by atoms with E-state index in [2.05, 4.69) is 108 Å². The summed E-state index contributed by atoms with van der Waals surface area (Å²) in [5, 5.41) is 75.6. The van der Waals surface area contributed by atoms with Crippen molar-refractivity contribution in [2.24, 2.45) is 0 Å². The molecule has 10 aromatic rings. The zero-order chi connectivity index (χ0) is 63.9. The van der Waals surface area contributed by atoms with E-state index >= 15 is 0 Å². The minimum Gasteiger partial charge on any atom is -0.502 e. The van der Waals surface area contributed by atoms with Gasteiger partial charge < -0.3 is 15.1 Å². The highest BCUT2D eigenvalue weighted by Gasteiger charge is 2.37. The molecule has 0 heterocycles. The molecule has 14 rings (SSSR count). The lowest BCUT2D eigenvalue weighted by atomic mass is 9.89. The van der Waals surface area contributed by atoms with Gasteiger partial charge in [0.25, 0.3) is 21.9 Å². The van der Waals surface area contributed by atoms with Gasteiger partial charge in [-0.2, -0.15) is 0 Å². The van der Waals surface area contributed by atoms with Crippen molar-refractivity contribution in [2.75, 3.05) is 0 Å². The molecule has 0 fully saturated rings. The van der Waals surface area contributed by atoms with E-state index in [1.54, 1.807) is 66.7 Å². The molecule has 5 atom stereocenters. The molecule has 10 aromatic carbocycles. The van der Waals surface area contributed by atoms with Crippen molar-refractivity contribution in [2.45, 2.75) is 71.3 Å². The van der Waals surface area contributed by atoms with Gasteiger partial charge in [-0.15, -0.1) is 20.2 Å². The Morgan fingerprint density at radius 3 is 1.37 bits per heavy atom. The summed E-state index contributed by atoms with van der Waals surface area (Å²) in [7, 11) is 0. The van der Waals surface area contributed by atoms with Crippen LogP contribution < -0.4 is 0 Å². The summed E-state index contributed by atoms with van der Waals surface area (Å²) in [5.74, 6) is 0.435. The topological polar surface area (TPSA) is 275 Å². The standard InChI is InChI=1S/C11H12.C10H8N2O5.C10H9NO3.C10H7NO3.C10H7NO2.C10H10O.C10H8.2CH4/c1-9-5-4-7-10-6-2-3-8-11(9)10;13-11(14)9-6-5-7-3-1-2-4-8(7)10(9)17-12(15)16;12-11(13)14-10-7-3-5-8-4-1-2-6-9(8)10;12-10-8-4-2-1-3-7(8)5-6-9(10)11(13)14;12-11(13)10-6-5-8-3-1-2-4-9(8)7-10;11-10-7-3-5-8-4-1-2-6-9(8)10;1-2-6-10-8-4-3-7-9(10)5-1;;/h2-4,6-9H,5H2,1H3;1-6,9-10H;1-6,10H,7H2;1-6,12H;1-7H;1-6,10-11H,7H2;1-8H;2*1H4. The molecule has 0 bridgehead atoms. The summed E-state index contributed by atoms with van der Waals surface area (Å²) in [6, 6.07) is 68.6. The lowest BCUT2D eigenvalue weighted by molar-refractivity contribution is -0.779. The normalized spacial score (nSPS) is 16.0. The molecule has 4 aliphatic rings. The molecule has 4 aliphatic carbocycles. The van der Waals surface area contributed by atoms with Crippen LogP contribution in [0.1, 0.15) is 110 Å². The SMILES string of the molecule is C.C.CC1CC=Cc2ccccc21.O=[N+]([O-])OC1CC=Cc2ccccc21.O=[N+]([O-])OC1c2ccccc2C=CC1[N+](=O)[O-].O=[N+]([O-])c1ccc2ccccc2c1.O=[N+]([O-])c1ccc2ccccc2c1O.OC1CC=Cc2ccccc21.c1ccc2ccccc2c1. The van der Waals surface area contributed by atoms with Crippen LogP contribution in [-0.2, 0) is 9.68 Å². The van der Waals surface area contributed by atoms with Gasteiger partial charge in [-0.25, -0.2) is 0 Å². The Kier molecular flexibility index (Phi) is 25.8. The number of nitro groups is 3. The van der Waals surface area contributed by atoms with Gasteiger partial charge in [0.15, 0.2) is 0 Å². The first kappa shape index (κ1) is 69.4. The Morgan fingerprint density at radius 1 is 0.424 bits per heavy atom. The monoisotopic (exact) mass is 1240 g/mol. The number of aliphatic hydroxyl groups excluding tert-OH is 1. The molecule has 0 aliphatic heterocycles. The van der Waals surface area contributed by atoms with Crippen LogP contribution in [0.2, 0.25) is 0 Å². The number of non-ortho nitro benzene ring substituents is 1. The minimum atomic E-state index is -1.24. The first-order valence-electron chi connectivity index (χ1n) is 28.5. The van der Waals surface area contributed by atoms with Crippen LogP contribution in [0.5, 0.6) is 5.75 Å². The van der Waals surface area contributed by atoms with Gasteiger partial charge >= 0.3 is 5.69 Å². The quantitative estimate of drug-likeness (QED) is 0.111. The molecule has 0 spiro atoms. The highest BCUT2D eigenvalue weighted by atomic mass is 17.0. The van der Waals surface area contributed by atoms with Crippen molar-refractivity contribution >= 4 is 68.0 Å². The van der Waals surface area contributed by atoms with E-state index in [9.17, 15) is 60.8 Å². The molecule has 92 heavy (non-hydrogen) atoms. The number of phenolic OH excluding ortho intramolecular Hbond substituents is 1. The molecular weight excluding hydrogens is 1170 g/mol. The number of aliphatic hydroxyl groups is 1. The molecule has 0 amide bonds. The predicted molar refractivity (Wildman–Crippen MR) is 362 cm³/mol. The number of rotatable bonds is 7. The molecule has 0 aromatic heterocycles. The third kappa shape index (κ3) is 18.9. The molecule has 0 saturated heterocycles. The van der Waals surface area contributed by atoms with Gasteiger partial charge in [-0.3, -0.25) is 35.2 Å². The maximum Gasteiger partial charge on any atom is 0.311 e. The van der Waals surface area contributed by atoms with E-state index in [4.69, 9.17) is 0 Å². The second-order valence-corrected chi connectivity index (χ2v) is 20.6. The van der Waals surface area contributed by atoms with E-state index in [1.165, 1.54) is 46.5 Å². The summed E-state index contributed by atoms with van der Waals surface area (Å²) >= 11 is 0. The lowest BCUT2D eigenvalue weighted by Crippen LogP contribution is -2.31. The Hall–Kier alpha value is -11.7. The fourth-order valence-electron chi connectivity index (χ4n) is 10.3. The third-order valence-corrected chi connectivity index (χ3v) is 14.7. The van der Waals surface area contributed by atoms with Crippen LogP contribution in [0.4, 0.5) is 11.4 Å². The zero-order valence-electron chi connectivity index (χ0n) is 48.5. The Balaban J connectivity index is 0.000000171. The maximum absolute atomic E-state index is 10.8. The highest BCUT2D eigenvalue weighted by Crippen LogP contribution is 2.36. The fraction of sp³-hybridized carbons (Fsp3) is 0.151. The Bertz CT molecular complexity index is 4170. The van der Waals surface area contributed by atoms with Crippen molar-refractivity contribution in [3.05, 3.63) is 344 Å². The van der Waals surface area contributed by atoms with Crippen LogP contribution in [0.3, 0.4) is 0 Å². The van der Waals surface area contributed by atoms with E-state index in [1.807, 2.05) is 97.1 Å². The van der Waals surface area contributed by atoms with Crippen molar-refractivity contribution in [3.8, 4) is 5.75 Å². The number of benzene rings is 10. The predicted octanol–water partition coefficient (Wildman–Crippen LogP) is 18.6. The number of aromatic hydroxyl groups is 1. The molecule has 470 valence electrons. The van der Waals surface area contributed by atoms with Gasteiger partial charge in [0.1, 0.15) is 6.10 Å². The molecule has 0 radical (unpaired) electrons. The maximum atomic E-state index is 10.8. The van der Waals surface area contributed by atoms with Gasteiger partial charge in [-0.05, 0) is 115 Å². The van der Waals surface area contributed by atoms with Gasteiger partial charge in [0.05, 0.1) is 16.0 Å². The summed E-state index contributed by atoms with van der Waals surface area (Å²) in [6.07, 6.45) is 15.8. The minimum absolute atomic E-state index is 0. The number of hydrogen-bond acceptors (Lipinski definition) is 14. The molecule has 5 unspecified atom stereocenters. The first-order valence-corrected chi connectivity index (χ1v) is 28.5. The summed E-state index contributed by atoms with van der Waals surface area (Å²) in [6.45, 7) is 2.28. The Labute approximate surface area is 531 Å². The summed E-state index contributed by atoms with van der Waals surface area (Å²) in [5.41, 5.74) is 7.98. The second-order valence-electron chi connectivity index (χ2n) is 20.6. The summed E-state index contributed by atoms with van der Waals surface area (Å²) in [4.78, 5) is 59.8. The van der Waals surface area contributed by atoms with E-state index in [0.29, 0.717) is 28.9 Å². The van der Waals surface area contributed by atoms with Gasteiger partial charge in [0.2, 0.25) is 11.9 Å². The second kappa shape index (κ2) is 34.2. The van der Waals surface area contributed by atoms with E-state index < -0.39 is 38.3 Å². The van der Waals surface area contributed by atoms with Gasteiger partial charge in [-0.1, -0.05) is 258 Å².